The van der Waals surface area contributed by atoms with Crippen LogP contribution in [0.25, 0.3) is 0 Å². The van der Waals surface area contributed by atoms with E-state index < -0.39 is 0 Å². The third-order valence-corrected chi connectivity index (χ3v) is 3.00. The van der Waals surface area contributed by atoms with Crippen LogP contribution in [0.15, 0.2) is 30.5 Å². The number of nitrogens with two attached hydrogens (primary N) is 1. The first-order valence-electron chi connectivity index (χ1n) is 5.70. The molecule has 0 fully saturated rings. The number of nitrogen functional groups attached to an aromatic ring is 1. The number of aryl methyl sites for hydroxylation is 1. The van der Waals surface area contributed by atoms with Crippen LogP contribution in [0.1, 0.15) is 16.1 Å². The fourth-order valence-electron chi connectivity index (χ4n) is 1.68. The van der Waals surface area contributed by atoms with E-state index in [0.29, 0.717) is 27.0 Å². The second-order valence-electron chi connectivity index (χ2n) is 4.13. The summed E-state index contributed by atoms with van der Waals surface area (Å²) >= 11 is 11.8. The molecule has 0 saturated carbocycles. The largest absolute Gasteiger partial charge is 0.323 e. The van der Waals surface area contributed by atoms with Gasteiger partial charge in [0.15, 0.2) is 0 Å². The van der Waals surface area contributed by atoms with Gasteiger partial charge in [0.2, 0.25) is 0 Å². The van der Waals surface area contributed by atoms with Gasteiger partial charge in [0.25, 0.3) is 5.91 Å². The van der Waals surface area contributed by atoms with Crippen molar-refractivity contribution in [1.82, 2.24) is 4.98 Å². The first kappa shape index (κ1) is 14.6. The number of nitrogens with zero attached hydrogens (tertiary/aromatic N) is 1. The minimum atomic E-state index is -0.358. The van der Waals surface area contributed by atoms with Crippen LogP contribution in [0.3, 0.4) is 0 Å². The molecule has 2 aromatic rings. The van der Waals surface area contributed by atoms with Crippen molar-refractivity contribution < 1.29 is 4.79 Å². The van der Waals surface area contributed by atoms with E-state index in [4.69, 9.17) is 29.0 Å². The third kappa shape index (κ3) is 3.39. The van der Waals surface area contributed by atoms with E-state index in [-0.39, 0.29) is 5.91 Å². The molecule has 1 aromatic heterocycles. The van der Waals surface area contributed by atoms with Gasteiger partial charge in [-0.25, -0.2) is 0 Å². The van der Waals surface area contributed by atoms with Gasteiger partial charge in [-0.3, -0.25) is 15.6 Å². The SMILES string of the molecule is Cc1cc(NN)c(C(=O)Nc2cc(Cl)cc(Cl)c2)cn1. The minimum absolute atomic E-state index is 0.328. The molecule has 0 saturated heterocycles. The van der Waals surface area contributed by atoms with Crippen LogP contribution in [-0.4, -0.2) is 10.9 Å². The van der Waals surface area contributed by atoms with Gasteiger partial charge in [-0.15, -0.1) is 0 Å². The Morgan fingerprint density at radius 2 is 1.85 bits per heavy atom. The zero-order valence-electron chi connectivity index (χ0n) is 10.6. The van der Waals surface area contributed by atoms with Crippen molar-refractivity contribution in [3.8, 4) is 0 Å². The summed E-state index contributed by atoms with van der Waals surface area (Å²) in [6.45, 7) is 1.80. The van der Waals surface area contributed by atoms with Gasteiger partial charge in [0.05, 0.1) is 11.3 Å². The molecule has 4 N–H and O–H groups in total. The van der Waals surface area contributed by atoms with Gasteiger partial charge < -0.3 is 10.7 Å². The zero-order valence-corrected chi connectivity index (χ0v) is 12.1. The molecule has 0 spiro atoms. The summed E-state index contributed by atoms with van der Waals surface area (Å²) in [5, 5.41) is 3.56. The summed E-state index contributed by atoms with van der Waals surface area (Å²) in [6.07, 6.45) is 1.45. The van der Waals surface area contributed by atoms with Gasteiger partial charge in [-0.2, -0.15) is 0 Å². The monoisotopic (exact) mass is 310 g/mol. The summed E-state index contributed by atoms with van der Waals surface area (Å²) in [6, 6.07) is 6.46. The molecule has 1 aromatic carbocycles. The lowest BCUT2D eigenvalue weighted by Crippen LogP contribution is -2.18. The standard InChI is InChI=1S/C13H12Cl2N4O/c1-7-2-12(19-16)11(6-17-7)13(20)18-10-4-8(14)3-9(15)5-10/h2-6H,16H2,1H3,(H,17,19)(H,18,20). The molecule has 104 valence electrons. The number of carbonyl (C=O) groups is 1. The number of pyridine rings is 1. The summed E-state index contributed by atoms with van der Waals surface area (Å²) in [4.78, 5) is 16.3. The lowest BCUT2D eigenvalue weighted by Gasteiger charge is -2.10. The van der Waals surface area contributed by atoms with E-state index in [1.807, 2.05) is 0 Å². The summed E-state index contributed by atoms with van der Waals surface area (Å²) in [7, 11) is 0. The molecule has 0 unspecified atom stereocenters. The highest BCUT2D eigenvalue weighted by Crippen LogP contribution is 2.23. The Morgan fingerprint density at radius 3 is 2.45 bits per heavy atom. The van der Waals surface area contributed by atoms with Crippen molar-refractivity contribution >= 4 is 40.5 Å². The number of hydrazine groups is 1. The van der Waals surface area contributed by atoms with E-state index in [0.717, 1.165) is 5.69 Å². The van der Waals surface area contributed by atoms with Crippen LogP contribution in [0.5, 0.6) is 0 Å². The van der Waals surface area contributed by atoms with Crippen LogP contribution in [-0.2, 0) is 0 Å². The maximum absolute atomic E-state index is 12.2. The van der Waals surface area contributed by atoms with E-state index in [1.54, 1.807) is 31.2 Å². The average Bonchev–Trinajstić information content (AvgIpc) is 2.37. The fourth-order valence-corrected chi connectivity index (χ4v) is 2.21. The van der Waals surface area contributed by atoms with Gasteiger partial charge >= 0.3 is 0 Å². The van der Waals surface area contributed by atoms with Gasteiger partial charge in [0.1, 0.15) is 0 Å². The number of carbonyl (C=O) groups excluding carboxylic acids is 1. The highest BCUT2D eigenvalue weighted by atomic mass is 35.5. The lowest BCUT2D eigenvalue weighted by molar-refractivity contribution is 0.102. The highest BCUT2D eigenvalue weighted by molar-refractivity contribution is 6.35. The number of hydrogen-bond acceptors (Lipinski definition) is 4. The molecule has 0 aliphatic rings. The number of halogens is 2. The summed E-state index contributed by atoms with van der Waals surface area (Å²) in [5.74, 6) is 5.04. The van der Waals surface area contributed by atoms with Crippen molar-refractivity contribution in [2.24, 2.45) is 5.84 Å². The molecule has 2 rings (SSSR count). The Hall–Kier alpha value is -1.82. The number of rotatable bonds is 3. The first-order valence-corrected chi connectivity index (χ1v) is 6.46. The third-order valence-electron chi connectivity index (χ3n) is 2.56. The number of amides is 1. The minimum Gasteiger partial charge on any atom is -0.323 e. The quantitative estimate of drug-likeness (QED) is 0.600. The number of nitrogens with one attached hydrogen (secondary N) is 2. The number of aromatic nitrogens is 1. The second-order valence-corrected chi connectivity index (χ2v) is 5.00. The fraction of sp³-hybridized carbons (Fsp3) is 0.0769. The predicted molar refractivity (Wildman–Crippen MR) is 81.2 cm³/mol. The molecular formula is C13H12Cl2N4O. The number of anilines is 2. The molecule has 1 heterocycles. The Bertz CT molecular complexity index is 641. The Kier molecular flexibility index (Phi) is 4.44. The van der Waals surface area contributed by atoms with E-state index in [9.17, 15) is 4.79 Å². The van der Waals surface area contributed by atoms with Crippen LogP contribution >= 0.6 is 23.2 Å². The summed E-state index contributed by atoms with van der Waals surface area (Å²) in [5.41, 5.74) is 4.54. The normalized spacial score (nSPS) is 10.2. The van der Waals surface area contributed by atoms with Gasteiger partial charge in [0, 0.05) is 27.6 Å². The maximum Gasteiger partial charge on any atom is 0.259 e. The molecule has 5 nitrogen and oxygen atoms in total. The molecule has 0 aliphatic heterocycles. The maximum atomic E-state index is 12.2. The predicted octanol–water partition coefficient (Wildman–Crippen LogP) is 3.23. The van der Waals surface area contributed by atoms with E-state index in [1.165, 1.54) is 6.20 Å². The molecule has 20 heavy (non-hydrogen) atoms. The van der Waals surface area contributed by atoms with Crippen LogP contribution < -0.4 is 16.6 Å². The molecule has 7 heteroatoms. The molecule has 1 amide bonds. The van der Waals surface area contributed by atoms with Gasteiger partial charge in [-0.1, -0.05) is 23.2 Å². The van der Waals surface area contributed by atoms with Crippen molar-refractivity contribution in [2.45, 2.75) is 6.92 Å². The topological polar surface area (TPSA) is 80.0 Å². The zero-order chi connectivity index (χ0) is 14.7. The van der Waals surface area contributed by atoms with Crippen LogP contribution in [0.2, 0.25) is 10.0 Å². The molecule has 0 aliphatic carbocycles. The van der Waals surface area contributed by atoms with E-state index in [2.05, 4.69) is 15.7 Å². The van der Waals surface area contributed by atoms with Crippen molar-refractivity contribution in [1.29, 1.82) is 0 Å². The Balaban J connectivity index is 2.28. The lowest BCUT2D eigenvalue weighted by atomic mass is 10.2. The van der Waals surface area contributed by atoms with Crippen molar-refractivity contribution in [3.05, 3.63) is 51.8 Å². The number of benzene rings is 1. The molecule has 0 atom stereocenters. The first-order chi connectivity index (χ1) is 9.49. The van der Waals surface area contributed by atoms with Crippen LogP contribution in [0.4, 0.5) is 11.4 Å². The number of hydrogen-bond donors (Lipinski definition) is 3. The smallest absolute Gasteiger partial charge is 0.259 e. The van der Waals surface area contributed by atoms with Gasteiger partial charge in [-0.05, 0) is 31.2 Å². The van der Waals surface area contributed by atoms with E-state index >= 15 is 0 Å². The molecular weight excluding hydrogens is 299 g/mol. The van der Waals surface area contributed by atoms with Crippen LogP contribution in [0, 0.1) is 6.92 Å². The summed E-state index contributed by atoms with van der Waals surface area (Å²) < 4.78 is 0. The van der Waals surface area contributed by atoms with Crippen molar-refractivity contribution in [2.75, 3.05) is 10.7 Å². The van der Waals surface area contributed by atoms with Crippen molar-refractivity contribution in [3.63, 3.8) is 0 Å². The molecule has 0 bridgehead atoms. The second kappa shape index (κ2) is 6.09. The average molecular weight is 311 g/mol. The Morgan fingerprint density at radius 1 is 1.20 bits per heavy atom. The Labute approximate surface area is 126 Å². The molecule has 0 radical (unpaired) electrons. The highest BCUT2D eigenvalue weighted by Gasteiger charge is 2.12.